The molecule has 0 saturated carbocycles. The van der Waals surface area contributed by atoms with Gasteiger partial charge in [0.2, 0.25) is 0 Å². The van der Waals surface area contributed by atoms with Crippen LogP contribution in [0.3, 0.4) is 0 Å². The maximum atomic E-state index is 12.9. The molecule has 0 heterocycles. The van der Waals surface area contributed by atoms with Gasteiger partial charge in [0.05, 0.1) is 19.3 Å². The van der Waals surface area contributed by atoms with Gasteiger partial charge in [-0.1, -0.05) is 42.5 Å². The van der Waals surface area contributed by atoms with E-state index in [-0.39, 0.29) is 6.61 Å². The molecule has 3 aromatic rings. The molecule has 158 valence electrons. The van der Waals surface area contributed by atoms with Gasteiger partial charge in [0.25, 0.3) is 0 Å². The van der Waals surface area contributed by atoms with Gasteiger partial charge in [-0.2, -0.15) is 13.2 Å². The molecule has 0 aromatic heterocycles. The van der Waals surface area contributed by atoms with E-state index < -0.39 is 11.7 Å². The van der Waals surface area contributed by atoms with Crippen molar-refractivity contribution in [2.75, 3.05) is 31.7 Å². The number of benzene rings is 3. The van der Waals surface area contributed by atoms with Gasteiger partial charge in [-0.25, -0.2) is 0 Å². The molecular formula is C24H24F3NO2. The average molecular weight is 415 g/mol. The molecule has 6 heteroatoms. The second kappa shape index (κ2) is 9.67. The molecule has 0 aliphatic heterocycles. The van der Waals surface area contributed by atoms with E-state index in [4.69, 9.17) is 4.74 Å². The average Bonchev–Trinajstić information content (AvgIpc) is 2.76. The minimum Gasteiger partial charge on any atom is -0.496 e. The Bertz CT molecular complexity index is 941. The van der Waals surface area contributed by atoms with Crippen molar-refractivity contribution < 1.29 is 23.0 Å². The Morgan fingerprint density at radius 2 is 1.60 bits per heavy atom. The van der Waals surface area contributed by atoms with E-state index in [2.05, 4.69) is 17.0 Å². The number of halogens is 3. The molecule has 0 amide bonds. The van der Waals surface area contributed by atoms with Crippen molar-refractivity contribution in [3.05, 3.63) is 83.9 Å². The van der Waals surface area contributed by atoms with Gasteiger partial charge < -0.3 is 14.7 Å². The Hall–Kier alpha value is -2.99. The summed E-state index contributed by atoms with van der Waals surface area (Å²) in [5.74, 6) is 0.575. The molecule has 30 heavy (non-hydrogen) atoms. The first-order valence-electron chi connectivity index (χ1n) is 9.68. The number of aliphatic hydroxyl groups excluding tert-OH is 1. The SMILES string of the molecule is COc1ccc(N(CCO)CCc2ccccc2)cc1-c1ccc(C(F)(F)F)cc1. The topological polar surface area (TPSA) is 32.7 Å². The number of hydrogen-bond acceptors (Lipinski definition) is 3. The molecule has 0 spiro atoms. The summed E-state index contributed by atoms with van der Waals surface area (Å²) in [6.45, 7) is 1.14. The zero-order chi connectivity index (χ0) is 21.6. The summed E-state index contributed by atoms with van der Waals surface area (Å²) in [4.78, 5) is 2.06. The van der Waals surface area contributed by atoms with E-state index in [0.29, 0.717) is 30.0 Å². The lowest BCUT2D eigenvalue weighted by Crippen LogP contribution is -2.29. The fourth-order valence-corrected chi connectivity index (χ4v) is 3.36. The molecule has 3 aromatic carbocycles. The van der Waals surface area contributed by atoms with Crippen molar-refractivity contribution in [3.63, 3.8) is 0 Å². The molecule has 0 bridgehead atoms. The monoisotopic (exact) mass is 415 g/mol. The number of ether oxygens (including phenoxy) is 1. The molecule has 0 aliphatic rings. The Labute approximate surface area is 174 Å². The highest BCUT2D eigenvalue weighted by molar-refractivity contribution is 5.75. The lowest BCUT2D eigenvalue weighted by Gasteiger charge is -2.25. The van der Waals surface area contributed by atoms with E-state index in [1.165, 1.54) is 24.8 Å². The number of nitrogens with zero attached hydrogens (tertiary/aromatic N) is 1. The van der Waals surface area contributed by atoms with Gasteiger partial charge in [-0.15, -0.1) is 0 Å². The zero-order valence-corrected chi connectivity index (χ0v) is 16.7. The first-order valence-corrected chi connectivity index (χ1v) is 9.68. The first-order chi connectivity index (χ1) is 14.4. The Kier molecular flexibility index (Phi) is 7.00. The maximum Gasteiger partial charge on any atom is 0.416 e. The van der Waals surface area contributed by atoms with Crippen molar-refractivity contribution >= 4 is 5.69 Å². The third-order valence-electron chi connectivity index (χ3n) is 4.95. The highest BCUT2D eigenvalue weighted by Gasteiger charge is 2.30. The number of aliphatic hydroxyl groups is 1. The fourth-order valence-electron chi connectivity index (χ4n) is 3.36. The fraction of sp³-hybridized carbons (Fsp3) is 0.250. The van der Waals surface area contributed by atoms with Gasteiger partial charge in [0, 0.05) is 24.3 Å². The number of rotatable bonds is 8. The third kappa shape index (κ3) is 5.33. The van der Waals surface area contributed by atoms with Crippen molar-refractivity contribution in [2.24, 2.45) is 0 Å². The van der Waals surface area contributed by atoms with Crippen LogP contribution in [0.2, 0.25) is 0 Å². The van der Waals surface area contributed by atoms with Crippen LogP contribution in [0.5, 0.6) is 5.75 Å². The van der Waals surface area contributed by atoms with Crippen LogP contribution in [0.4, 0.5) is 18.9 Å². The van der Waals surface area contributed by atoms with Crippen LogP contribution in [0.25, 0.3) is 11.1 Å². The third-order valence-corrected chi connectivity index (χ3v) is 4.95. The lowest BCUT2D eigenvalue weighted by molar-refractivity contribution is -0.137. The number of methoxy groups -OCH3 is 1. The van der Waals surface area contributed by atoms with Crippen LogP contribution >= 0.6 is 0 Å². The standard InChI is InChI=1S/C24H24F3NO2/c1-30-23-12-11-21(28(15-16-29)14-13-18-5-3-2-4-6-18)17-22(23)19-7-9-20(10-8-19)24(25,26)27/h2-12,17,29H,13-16H2,1H3. The zero-order valence-electron chi connectivity index (χ0n) is 16.7. The number of anilines is 1. The van der Waals surface area contributed by atoms with E-state index in [1.807, 2.05) is 30.3 Å². The number of alkyl halides is 3. The van der Waals surface area contributed by atoms with Crippen molar-refractivity contribution in [1.82, 2.24) is 0 Å². The molecular weight excluding hydrogens is 391 g/mol. The summed E-state index contributed by atoms with van der Waals surface area (Å²) in [7, 11) is 1.53. The van der Waals surface area contributed by atoms with Crippen LogP contribution in [0, 0.1) is 0 Å². The second-order valence-corrected chi connectivity index (χ2v) is 6.91. The lowest BCUT2D eigenvalue weighted by atomic mass is 10.0. The minimum atomic E-state index is -4.38. The van der Waals surface area contributed by atoms with E-state index in [9.17, 15) is 18.3 Å². The molecule has 3 rings (SSSR count). The first kappa shape index (κ1) is 21.7. The molecule has 1 N–H and O–H groups in total. The predicted octanol–water partition coefficient (Wildman–Crippen LogP) is 5.42. The van der Waals surface area contributed by atoms with Crippen molar-refractivity contribution in [3.8, 4) is 16.9 Å². The maximum absolute atomic E-state index is 12.9. The Morgan fingerprint density at radius 3 is 2.20 bits per heavy atom. The van der Waals surface area contributed by atoms with Crippen molar-refractivity contribution in [2.45, 2.75) is 12.6 Å². The summed E-state index contributed by atoms with van der Waals surface area (Å²) >= 11 is 0. The van der Waals surface area contributed by atoms with Gasteiger partial charge in [-0.3, -0.25) is 0 Å². The highest BCUT2D eigenvalue weighted by Crippen LogP contribution is 2.36. The van der Waals surface area contributed by atoms with Gasteiger partial charge in [0.1, 0.15) is 5.75 Å². The predicted molar refractivity (Wildman–Crippen MR) is 113 cm³/mol. The summed E-state index contributed by atoms with van der Waals surface area (Å²) in [5.41, 5.74) is 2.71. The normalized spacial score (nSPS) is 11.4. The van der Waals surface area contributed by atoms with Crippen LogP contribution in [-0.2, 0) is 12.6 Å². The summed E-state index contributed by atoms with van der Waals surface area (Å²) < 4.78 is 44.1. The second-order valence-electron chi connectivity index (χ2n) is 6.91. The van der Waals surface area contributed by atoms with Gasteiger partial charge in [-0.05, 0) is 47.9 Å². The molecule has 3 nitrogen and oxygen atoms in total. The summed E-state index contributed by atoms with van der Waals surface area (Å²) in [6, 6.07) is 20.7. The van der Waals surface area contributed by atoms with Crippen LogP contribution in [-0.4, -0.2) is 31.9 Å². The van der Waals surface area contributed by atoms with Crippen LogP contribution < -0.4 is 9.64 Å². The molecule has 0 saturated heterocycles. The minimum absolute atomic E-state index is 0.00354. The molecule has 0 unspecified atom stereocenters. The van der Waals surface area contributed by atoms with E-state index >= 15 is 0 Å². The highest BCUT2D eigenvalue weighted by atomic mass is 19.4. The molecule has 0 aliphatic carbocycles. The van der Waals surface area contributed by atoms with E-state index in [0.717, 1.165) is 24.2 Å². The van der Waals surface area contributed by atoms with Gasteiger partial charge >= 0.3 is 6.18 Å². The van der Waals surface area contributed by atoms with Crippen LogP contribution in [0.15, 0.2) is 72.8 Å². The Balaban J connectivity index is 1.89. The smallest absolute Gasteiger partial charge is 0.416 e. The molecule has 0 fully saturated rings. The summed E-state index contributed by atoms with van der Waals surface area (Å²) in [5, 5.41) is 9.52. The van der Waals surface area contributed by atoms with Crippen LogP contribution in [0.1, 0.15) is 11.1 Å². The quantitative estimate of drug-likeness (QED) is 0.533. The number of hydrogen-bond donors (Lipinski definition) is 1. The molecule has 0 atom stereocenters. The Morgan fingerprint density at radius 1 is 0.900 bits per heavy atom. The van der Waals surface area contributed by atoms with Crippen molar-refractivity contribution in [1.29, 1.82) is 0 Å². The van der Waals surface area contributed by atoms with Gasteiger partial charge in [0.15, 0.2) is 0 Å². The van der Waals surface area contributed by atoms with E-state index in [1.54, 1.807) is 6.07 Å². The molecule has 0 radical (unpaired) electrons. The summed E-state index contributed by atoms with van der Waals surface area (Å²) in [6.07, 6.45) is -3.57. The largest absolute Gasteiger partial charge is 0.496 e.